The zero-order valence-electron chi connectivity index (χ0n) is 9.04. The van der Waals surface area contributed by atoms with Crippen LogP contribution in [0, 0.1) is 3.57 Å². The van der Waals surface area contributed by atoms with Crippen LogP contribution in [0.5, 0.6) is 0 Å². The van der Waals surface area contributed by atoms with Crippen molar-refractivity contribution in [3.63, 3.8) is 0 Å². The highest BCUT2D eigenvalue weighted by atomic mass is 127. The fourth-order valence-corrected chi connectivity index (χ4v) is 2.78. The Bertz CT molecular complexity index is 479. The van der Waals surface area contributed by atoms with Gasteiger partial charge < -0.3 is 0 Å². The second-order valence-electron chi connectivity index (χ2n) is 3.85. The molecule has 0 spiro atoms. The van der Waals surface area contributed by atoms with Gasteiger partial charge in [0, 0.05) is 13.4 Å². The minimum atomic E-state index is 0.348. The molecule has 0 N–H and O–H groups in total. The summed E-state index contributed by atoms with van der Waals surface area (Å²) in [5.41, 5.74) is 2.59. The molecule has 88 valence electrons. The van der Waals surface area contributed by atoms with Gasteiger partial charge in [0.25, 0.3) is 0 Å². The van der Waals surface area contributed by atoms with Crippen molar-refractivity contribution in [2.45, 2.75) is 11.2 Å². The Hall–Kier alpha value is -0.0600. The third kappa shape index (κ3) is 3.97. The number of rotatable bonds is 3. The van der Waals surface area contributed by atoms with Gasteiger partial charge in [-0.2, -0.15) is 0 Å². The van der Waals surface area contributed by atoms with Crippen LogP contribution in [0.25, 0.3) is 0 Å². The van der Waals surface area contributed by atoms with Crippen LogP contribution in [0.1, 0.15) is 16.0 Å². The first-order chi connectivity index (χ1) is 8.15. The predicted molar refractivity (Wildman–Crippen MR) is 86.0 cm³/mol. The van der Waals surface area contributed by atoms with E-state index < -0.39 is 0 Å². The van der Waals surface area contributed by atoms with E-state index in [1.807, 2.05) is 12.1 Å². The Morgan fingerprint density at radius 3 is 2.18 bits per heavy atom. The van der Waals surface area contributed by atoms with E-state index >= 15 is 0 Å². The summed E-state index contributed by atoms with van der Waals surface area (Å²) in [7, 11) is 0. The lowest BCUT2D eigenvalue weighted by molar-refractivity contribution is 0.948. The molecule has 0 aliphatic rings. The highest BCUT2D eigenvalue weighted by Gasteiger charge is 2.08. The second-order valence-corrected chi connectivity index (χ2v) is 6.64. The van der Waals surface area contributed by atoms with Gasteiger partial charge in [-0.05, 0) is 64.4 Å². The molecular formula is C14H11BrClI. The molecule has 0 saturated carbocycles. The van der Waals surface area contributed by atoms with Crippen LogP contribution in [0.2, 0.25) is 5.02 Å². The number of benzene rings is 2. The van der Waals surface area contributed by atoms with E-state index in [4.69, 9.17) is 11.6 Å². The summed E-state index contributed by atoms with van der Waals surface area (Å²) in [4.78, 5) is 0.348. The van der Waals surface area contributed by atoms with Crippen LogP contribution in [-0.2, 0) is 6.42 Å². The van der Waals surface area contributed by atoms with Crippen molar-refractivity contribution < 1.29 is 0 Å². The summed E-state index contributed by atoms with van der Waals surface area (Å²) in [6.45, 7) is 0. The SMILES string of the molecule is Clc1ccc(CC(Br)c2ccc(I)cc2)cc1. The van der Waals surface area contributed by atoms with Crippen LogP contribution in [0.4, 0.5) is 0 Å². The maximum atomic E-state index is 5.87. The number of alkyl halides is 1. The summed E-state index contributed by atoms with van der Waals surface area (Å²) < 4.78 is 1.26. The molecule has 0 bridgehead atoms. The molecule has 2 aromatic rings. The fourth-order valence-electron chi connectivity index (χ4n) is 1.62. The van der Waals surface area contributed by atoms with E-state index in [-0.39, 0.29) is 0 Å². The van der Waals surface area contributed by atoms with E-state index in [1.165, 1.54) is 14.7 Å². The van der Waals surface area contributed by atoms with Crippen LogP contribution in [0.3, 0.4) is 0 Å². The first-order valence-electron chi connectivity index (χ1n) is 5.29. The van der Waals surface area contributed by atoms with E-state index in [2.05, 4.69) is 74.9 Å². The first-order valence-corrected chi connectivity index (χ1v) is 7.66. The second kappa shape index (κ2) is 6.21. The fraction of sp³-hybridized carbons (Fsp3) is 0.143. The largest absolute Gasteiger partial charge is 0.0843 e. The minimum Gasteiger partial charge on any atom is -0.0843 e. The lowest BCUT2D eigenvalue weighted by Crippen LogP contribution is -1.95. The van der Waals surface area contributed by atoms with Gasteiger partial charge in [0.05, 0.1) is 0 Å². The third-order valence-corrected chi connectivity index (χ3v) is 4.38. The van der Waals surface area contributed by atoms with Crippen molar-refractivity contribution in [1.29, 1.82) is 0 Å². The number of hydrogen-bond acceptors (Lipinski definition) is 0. The van der Waals surface area contributed by atoms with E-state index in [1.54, 1.807) is 0 Å². The molecule has 0 aliphatic heterocycles. The zero-order valence-corrected chi connectivity index (χ0v) is 13.5. The standard InChI is InChI=1S/C14H11BrClI/c15-14(11-3-7-13(17)8-4-11)9-10-1-5-12(16)6-2-10/h1-8,14H,9H2. The molecule has 2 rings (SSSR count). The quantitative estimate of drug-likeness (QED) is 0.446. The molecule has 2 aromatic carbocycles. The van der Waals surface area contributed by atoms with Crippen molar-refractivity contribution in [1.82, 2.24) is 0 Å². The van der Waals surface area contributed by atoms with Gasteiger partial charge in [-0.15, -0.1) is 0 Å². The van der Waals surface area contributed by atoms with Crippen LogP contribution >= 0.6 is 50.1 Å². The molecule has 1 atom stereocenters. The molecule has 3 heteroatoms. The van der Waals surface area contributed by atoms with Crippen LogP contribution < -0.4 is 0 Å². The average Bonchev–Trinajstić information content (AvgIpc) is 2.33. The van der Waals surface area contributed by atoms with E-state index in [0.29, 0.717) is 4.83 Å². The average molecular weight is 422 g/mol. The van der Waals surface area contributed by atoms with Crippen molar-refractivity contribution in [3.8, 4) is 0 Å². The van der Waals surface area contributed by atoms with E-state index in [0.717, 1.165) is 11.4 Å². The Morgan fingerprint density at radius 2 is 1.59 bits per heavy atom. The molecule has 0 amide bonds. The molecular weight excluding hydrogens is 410 g/mol. The normalized spacial score (nSPS) is 12.4. The molecule has 0 fully saturated rings. The van der Waals surface area contributed by atoms with Crippen molar-refractivity contribution in [2.24, 2.45) is 0 Å². The molecule has 17 heavy (non-hydrogen) atoms. The minimum absolute atomic E-state index is 0.348. The predicted octanol–water partition coefficient (Wildman–Crippen LogP) is 5.62. The molecule has 0 saturated heterocycles. The van der Waals surface area contributed by atoms with Crippen LogP contribution in [0.15, 0.2) is 48.5 Å². The van der Waals surface area contributed by atoms with Gasteiger partial charge in [0.2, 0.25) is 0 Å². The molecule has 0 aromatic heterocycles. The summed E-state index contributed by atoms with van der Waals surface area (Å²) in [5.74, 6) is 0. The number of halogens is 3. The Balaban J connectivity index is 2.08. The lowest BCUT2D eigenvalue weighted by atomic mass is 10.0. The maximum absolute atomic E-state index is 5.87. The summed E-state index contributed by atoms with van der Waals surface area (Å²) in [5, 5.41) is 0.786. The zero-order chi connectivity index (χ0) is 12.3. The molecule has 0 heterocycles. The van der Waals surface area contributed by atoms with Gasteiger partial charge in [-0.1, -0.05) is 51.8 Å². The summed E-state index contributed by atoms with van der Waals surface area (Å²) >= 11 is 11.9. The summed E-state index contributed by atoms with van der Waals surface area (Å²) in [6.07, 6.45) is 0.970. The lowest BCUT2D eigenvalue weighted by Gasteiger charge is -2.10. The van der Waals surface area contributed by atoms with Gasteiger partial charge in [0.15, 0.2) is 0 Å². The Labute approximate surface area is 129 Å². The Morgan fingerprint density at radius 1 is 1.00 bits per heavy atom. The van der Waals surface area contributed by atoms with Crippen molar-refractivity contribution in [3.05, 3.63) is 68.3 Å². The Kier molecular flexibility index (Phi) is 4.88. The highest BCUT2D eigenvalue weighted by Crippen LogP contribution is 2.27. The third-order valence-electron chi connectivity index (χ3n) is 2.56. The van der Waals surface area contributed by atoms with Crippen molar-refractivity contribution in [2.75, 3.05) is 0 Å². The molecule has 0 nitrogen and oxygen atoms in total. The summed E-state index contributed by atoms with van der Waals surface area (Å²) in [6, 6.07) is 16.6. The topological polar surface area (TPSA) is 0 Å². The van der Waals surface area contributed by atoms with Crippen molar-refractivity contribution >= 4 is 50.1 Å². The molecule has 0 radical (unpaired) electrons. The maximum Gasteiger partial charge on any atom is 0.0435 e. The van der Waals surface area contributed by atoms with Gasteiger partial charge in [-0.25, -0.2) is 0 Å². The molecule has 1 unspecified atom stereocenters. The van der Waals surface area contributed by atoms with Gasteiger partial charge in [-0.3, -0.25) is 0 Å². The van der Waals surface area contributed by atoms with Crippen LogP contribution in [-0.4, -0.2) is 0 Å². The number of hydrogen-bond donors (Lipinski definition) is 0. The van der Waals surface area contributed by atoms with Gasteiger partial charge in [0.1, 0.15) is 0 Å². The van der Waals surface area contributed by atoms with E-state index in [9.17, 15) is 0 Å². The van der Waals surface area contributed by atoms with Gasteiger partial charge >= 0.3 is 0 Å². The highest BCUT2D eigenvalue weighted by molar-refractivity contribution is 14.1. The smallest absolute Gasteiger partial charge is 0.0435 e. The first kappa shape index (κ1) is 13.4. The monoisotopic (exact) mass is 420 g/mol. The molecule has 0 aliphatic carbocycles.